The highest BCUT2D eigenvalue weighted by Crippen LogP contribution is 2.29. The van der Waals surface area contributed by atoms with E-state index in [-0.39, 0.29) is 23.5 Å². The molecule has 1 aliphatic rings. The quantitative estimate of drug-likeness (QED) is 0.405. The molecule has 2 aromatic rings. The maximum atomic E-state index is 12.8. The van der Waals surface area contributed by atoms with E-state index in [0.29, 0.717) is 17.5 Å². The molecule has 3 rings (SSSR count). The van der Waals surface area contributed by atoms with Gasteiger partial charge in [-0.25, -0.2) is 4.79 Å². The Balaban J connectivity index is 1.88. The highest BCUT2D eigenvalue weighted by molar-refractivity contribution is 6.02. The second kappa shape index (κ2) is 8.77. The predicted octanol–water partition coefficient (Wildman–Crippen LogP) is 2.59. The molecule has 0 radical (unpaired) electrons. The SMILES string of the molecule is CC1OC(=O)C(NC(=O)c2cccc(NC=O)c2O)C(C)CC(=O)c2ccccc21. The molecule has 0 aromatic heterocycles. The number of para-hydroxylation sites is 1. The number of aromatic hydroxyl groups is 1. The Bertz CT molecular complexity index is 1000. The lowest BCUT2D eigenvalue weighted by atomic mass is 9.91. The van der Waals surface area contributed by atoms with Crippen molar-refractivity contribution < 1.29 is 29.0 Å². The maximum Gasteiger partial charge on any atom is 0.329 e. The first-order valence-corrected chi connectivity index (χ1v) is 9.49. The average molecular weight is 410 g/mol. The van der Waals surface area contributed by atoms with E-state index in [4.69, 9.17) is 4.74 Å². The molecular formula is C22H22N2O6. The summed E-state index contributed by atoms with van der Waals surface area (Å²) in [5.41, 5.74) is 1.04. The van der Waals surface area contributed by atoms with Crippen LogP contribution in [-0.2, 0) is 14.3 Å². The molecular weight excluding hydrogens is 388 g/mol. The van der Waals surface area contributed by atoms with Crippen LogP contribution in [0.3, 0.4) is 0 Å². The van der Waals surface area contributed by atoms with Gasteiger partial charge in [-0.1, -0.05) is 37.3 Å². The second-order valence-electron chi connectivity index (χ2n) is 7.19. The molecule has 30 heavy (non-hydrogen) atoms. The van der Waals surface area contributed by atoms with Crippen LogP contribution in [0.2, 0.25) is 0 Å². The van der Waals surface area contributed by atoms with Crippen LogP contribution in [0, 0.1) is 5.92 Å². The third-order valence-electron chi connectivity index (χ3n) is 5.10. The van der Waals surface area contributed by atoms with Gasteiger partial charge in [-0.15, -0.1) is 0 Å². The molecule has 2 aromatic carbocycles. The summed E-state index contributed by atoms with van der Waals surface area (Å²) in [6, 6.07) is 10.1. The number of amides is 2. The van der Waals surface area contributed by atoms with Gasteiger partial charge in [-0.3, -0.25) is 14.4 Å². The second-order valence-corrected chi connectivity index (χ2v) is 7.19. The molecule has 156 valence electrons. The Morgan fingerprint density at radius 1 is 1.13 bits per heavy atom. The number of benzene rings is 2. The van der Waals surface area contributed by atoms with Crippen LogP contribution >= 0.6 is 0 Å². The summed E-state index contributed by atoms with van der Waals surface area (Å²) < 4.78 is 5.53. The van der Waals surface area contributed by atoms with E-state index in [1.54, 1.807) is 38.1 Å². The normalized spacial score (nSPS) is 21.3. The summed E-state index contributed by atoms with van der Waals surface area (Å²) in [6.45, 7) is 3.34. The van der Waals surface area contributed by atoms with Crippen molar-refractivity contribution >= 4 is 29.8 Å². The molecule has 8 heteroatoms. The Labute approximate surface area is 173 Å². The standard InChI is InChI=1S/C22H22N2O6/c1-12-10-18(26)15-7-4-3-6-14(15)13(2)30-22(29)19(12)24-21(28)16-8-5-9-17(20(16)27)23-11-25/h3-9,11-13,19,27H,10H2,1-2H3,(H,23,25)(H,24,28). The first-order valence-electron chi connectivity index (χ1n) is 9.49. The summed E-state index contributed by atoms with van der Waals surface area (Å²) in [6.07, 6.45) is -0.266. The fourth-order valence-electron chi connectivity index (χ4n) is 3.50. The van der Waals surface area contributed by atoms with Crippen molar-refractivity contribution in [1.82, 2.24) is 5.32 Å². The number of rotatable bonds is 4. The van der Waals surface area contributed by atoms with Crippen molar-refractivity contribution in [3.63, 3.8) is 0 Å². The van der Waals surface area contributed by atoms with Gasteiger partial charge in [-0.2, -0.15) is 0 Å². The van der Waals surface area contributed by atoms with Gasteiger partial charge in [-0.05, 0) is 25.0 Å². The van der Waals surface area contributed by atoms with Crippen molar-refractivity contribution in [3.8, 4) is 5.75 Å². The number of ketones is 1. The molecule has 2 amide bonds. The van der Waals surface area contributed by atoms with E-state index in [1.165, 1.54) is 18.2 Å². The fraction of sp³-hybridized carbons (Fsp3) is 0.273. The number of nitrogens with one attached hydrogen (secondary N) is 2. The van der Waals surface area contributed by atoms with Crippen molar-refractivity contribution in [2.75, 3.05) is 5.32 Å². The van der Waals surface area contributed by atoms with Crippen LogP contribution in [0.15, 0.2) is 42.5 Å². The number of cyclic esters (lactones) is 1. The summed E-state index contributed by atoms with van der Waals surface area (Å²) in [4.78, 5) is 49.0. The molecule has 0 saturated heterocycles. The fourth-order valence-corrected chi connectivity index (χ4v) is 3.50. The molecule has 3 unspecified atom stereocenters. The van der Waals surface area contributed by atoms with Crippen LogP contribution in [0.4, 0.5) is 5.69 Å². The molecule has 0 fully saturated rings. The Hall–Kier alpha value is -3.68. The summed E-state index contributed by atoms with van der Waals surface area (Å²) in [5, 5.41) is 15.1. The van der Waals surface area contributed by atoms with Crippen LogP contribution in [0.5, 0.6) is 5.75 Å². The zero-order valence-electron chi connectivity index (χ0n) is 16.5. The summed E-state index contributed by atoms with van der Waals surface area (Å²) in [7, 11) is 0. The molecule has 8 nitrogen and oxygen atoms in total. The minimum atomic E-state index is -1.10. The molecule has 3 N–H and O–H groups in total. The zero-order valence-corrected chi connectivity index (χ0v) is 16.5. The summed E-state index contributed by atoms with van der Waals surface area (Å²) >= 11 is 0. The third kappa shape index (κ3) is 4.17. The molecule has 3 atom stereocenters. The van der Waals surface area contributed by atoms with E-state index in [9.17, 15) is 24.3 Å². The number of hydrogen-bond donors (Lipinski definition) is 3. The number of carbonyl (C=O) groups excluding carboxylic acids is 4. The molecule has 1 aliphatic heterocycles. The molecule has 0 spiro atoms. The smallest absolute Gasteiger partial charge is 0.329 e. The number of hydrogen-bond acceptors (Lipinski definition) is 6. The number of carbonyl (C=O) groups is 4. The van der Waals surface area contributed by atoms with Crippen molar-refractivity contribution in [1.29, 1.82) is 0 Å². The third-order valence-corrected chi connectivity index (χ3v) is 5.10. The van der Waals surface area contributed by atoms with Gasteiger partial charge >= 0.3 is 5.97 Å². The summed E-state index contributed by atoms with van der Waals surface area (Å²) in [5.74, 6) is -2.53. The van der Waals surface area contributed by atoms with Gasteiger partial charge in [0.2, 0.25) is 6.41 Å². The van der Waals surface area contributed by atoms with E-state index in [0.717, 1.165) is 0 Å². The number of ether oxygens (including phenoxy) is 1. The molecule has 0 saturated carbocycles. The number of esters is 1. The minimum Gasteiger partial charge on any atom is -0.505 e. The lowest BCUT2D eigenvalue weighted by Crippen LogP contribution is -2.46. The van der Waals surface area contributed by atoms with Crippen molar-refractivity contribution in [3.05, 3.63) is 59.2 Å². The monoisotopic (exact) mass is 410 g/mol. The van der Waals surface area contributed by atoms with E-state index >= 15 is 0 Å². The Morgan fingerprint density at radius 2 is 1.87 bits per heavy atom. The van der Waals surface area contributed by atoms with Crippen LogP contribution in [0.1, 0.15) is 52.7 Å². The number of Topliss-reactive ketones (excluding diaryl/α,β-unsaturated/α-hetero) is 1. The zero-order chi connectivity index (χ0) is 21.8. The number of fused-ring (bicyclic) bond motifs is 1. The van der Waals surface area contributed by atoms with Gasteiger partial charge < -0.3 is 20.5 Å². The maximum absolute atomic E-state index is 12.8. The highest BCUT2D eigenvalue weighted by atomic mass is 16.5. The van der Waals surface area contributed by atoms with Gasteiger partial charge in [0, 0.05) is 17.5 Å². The first-order chi connectivity index (χ1) is 14.3. The Kier molecular flexibility index (Phi) is 6.15. The number of anilines is 1. The van der Waals surface area contributed by atoms with Gasteiger partial charge in [0.15, 0.2) is 11.5 Å². The number of phenols is 1. The minimum absolute atomic E-state index is 0.0303. The van der Waals surface area contributed by atoms with Crippen LogP contribution in [0.25, 0.3) is 0 Å². The largest absolute Gasteiger partial charge is 0.505 e. The topological polar surface area (TPSA) is 122 Å². The van der Waals surface area contributed by atoms with E-state index in [2.05, 4.69) is 10.6 Å². The molecule has 0 aliphatic carbocycles. The van der Waals surface area contributed by atoms with E-state index < -0.39 is 35.7 Å². The van der Waals surface area contributed by atoms with E-state index in [1.807, 2.05) is 0 Å². The van der Waals surface area contributed by atoms with Gasteiger partial charge in [0.1, 0.15) is 12.1 Å². The first kappa shape index (κ1) is 21.0. The highest BCUT2D eigenvalue weighted by Gasteiger charge is 2.34. The molecule has 1 heterocycles. The van der Waals surface area contributed by atoms with Crippen LogP contribution in [-0.4, -0.2) is 35.2 Å². The Morgan fingerprint density at radius 3 is 2.60 bits per heavy atom. The number of phenolic OH excluding ortho intramolecular Hbond substituents is 1. The predicted molar refractivity (Wildman–Crippen MR) is 108 cm³/mol. The van der Waals surface area contributed by atoms with Gasteiger partial charge in [0.05, 0.1) is 11.3 Å². The lowest BCUT2D eigenvalue weighted by molar-refractivity contribution is -0.152. The lowest BCUT2D eigenvalue weighted by Gasteiger charge is -2.24. The van der Waals surface area contributed by atoms with Gasteiger partial charge in [0.25, 0.3) is 5.91 Å². The molecule has 0 bridgehead atoms. The average Bonchev–Trinajstić information content (AvgIpc) is 2.75. The van der Waals surface area contributed by atoms with Crippen molar-refractivity contribution in [2.45, 2.75) is 32.4 Å². The van der Waals surface area contributed by atoms with Crippen LogP contribution < -0.4 is 10.6 Å². The van der Waals surface area contributed by atoms with Crippen molar-refractivity contribution in [2.24, 2.45) is 5.92 Å².